The van der Waals surface area contributed by atoms with Crippen molar-refractivity contribution in [1.82, 2.24) is 0 Å². The zero-order chi connectivity index (χ0) is 20.6. The van der Waals surface area contributed by atoms with Crippen LogP contribution in [0.5, 0.6) is 0 Å². The molecule has 0 bridgehead atoms. The summed E-state index contributed by atoms with van der Waals surface area (Å²) in [5.41, 5.74) is 6.13. The van der Waals surface area contributed by atoms with E-state index in [1.807, 2.05) is 0 Å². The molecule has 0 fully saturated rings. The predicted molar refractivity (Wildman–Crippen MR) is 94.7 cm³/mol. The molecule has 2 aromatic rings. The quantitative estimate of drug-likeness (QED) is 0.523. The molecule has 0 saturated carbocycles. The van der Waals surface area contributed by atoms with Gasteiger partial charge in [0, 0.05) is 32.7 Å². The molecule has 2 unspecified atom stereocenters. The van der Waals surface area contributed by atoms with Gasteiger partial charge in [-0.2, -0.15) is 48.5 Å². The van der Waals surface area contributed by atoms with Crippen LogP contribution >= 0.6 is 0 Å². The summed E-state index contributed by atoms with van der Waals surface area (Å²) in [5, 5.41) is 0. The molecule has 29 heavy (non-hydrogen) atoms. The second kappa shape index (κ2) is 8.80. The number of carbonyl (C=O) groups excluding carboxylic acids is 6. The van der Waals surface area contributed by atoms with Crippen LogP contribution in [-0.4, -0.2) is 34.8 Å². The number of primary amides is 1. The van der Waals surface area contributed by atoms with Crippen LogP contribution < -0.4 is 5.73 Å². The fourth-order valence-electron chi connectivity index (χ4n) is 3.19. The number of amides is 1. The van der Waals surface area contributed by atoms with E-state index in [4.69, 9.17) is 5.73 Å². The second-order valence-corrected chi connectivity index (χ2v) is 6.28. The molecule has 1 radical (unpaired) electrons. The largest absolute Gasteiger partial charge is 0.369 e. The summed E-state index contributed by atoms with van der Waals surface area (Å²) in [5.74, 6) is -5.53. The van der Waals surface area contributed by atoms with Gasteiger partial charge in [0.25, 0.3) is 0 Å². The van der Waals surface area contributed by atoms with Crippen molar-refractivity contribution in [3.63, 3.8) is 0 Å². The summed E-state index contributed by atoms with van der Waals surface area (Å²) in [4.78, 5) is 68.1. The minimum Gasteiger partial charge on any atom is -0.369 e. The molecule has 2 aromatic carbocycles. The van der Waals surface area contributed by atoms with Gasteiger partial charge in [-0.1, -0.05) is 22.3 Å². The van der Waals surface area contributed by atoms with Crippen LogP contribution in [0.25, 0.3) is 0 Å². The Kier molecular flexibility index (Phi) is 6.87. The van der Waals surface area contributed by atoms with Crippen molar-refractivity contribution in [2.75, 3.05) is 0 Å². The molecule has 0 heterocycles. The van der Waals surface area contributed by atoms with Crippen LogP contribution in [0.4, 0.5) is 0 Å². The van der Waals surface area contributed by atoms with Crippen molar-refractivity contribution in [2.24, 2.45) is 17.6 Å². The third kappa shape index (κ3) is 3.93. The topological polar surface area (TPSA) is 128 Å². The van der Waals surface area contributed by atoms with E-state index in [0.717, 1.165) is 0 Å². The number of Topliss-reactive ketones (excluding diaryl/α,β-unsaturated/α-hetero) is 5. The van der Waals surface area contributed by atoms with E-state index in [1.165, 1.54) is 37.3 Å². The van der Waals surface area contributed by atoms with E-state index in [9.17, 15) is 28.8 Å². The van der Waals surface area contributed by atoms with Crippen LogP contribution in [0, 0.1) is 24.0 Å². The first-order valence-electron chi connectivity index (χ1n) is 8.22. The van der Waals surface area contributed by atoms with Gasteiger partial charge in [0.2, 0.25) is 5.91 Å². The molecule has 8 heteroatoms. The molecule has 0 aliphatic heterocycles. The van der Waals surface area contributed by atoms with Crippen molar-refractivity contribution in [1.29, 1.82) is 0 Å². The average molecular weight is 464 g/mol. The Labute approximate surface area is 190 Å². The average Bonchev–Trinajstić information content (AvgIpc) is 3.07. The fraction of sp³-hybridized carbons (Fsp3) is 0.143. The minimum absolute atomic E-state index is 0. The summed E-state index contributed by atoms with van der Waals surface area (Å²) in [6, 6.07) is 14.3. The smallest absolute Gasteiger partial charge is 0.235 e. The maximum Gasteiger partial charge on any atom is 0.235 e. The van der Waals surface area contributed by atoms with Gasteiger partial charge in [0.1, 0.15) is 29.2 Å². The Hall–Kier alpha value is -2.64. The molecule has 0 aromatic heterocycles. The summed E-state index contributed by atoms with van der Waals surface area (Å²) in [7, 11) is 0. The van der Waals surface area contributed by atoms with Crippen molar-refractivity contribution in [3.05, 3.63) is 70.8 Å². The molecule has 2 aliphatic carbocycles. The van der Waals surface area contributed by atoms with Crippen LogP contribution in [-0.2, 0) is 42.3 Å². The number of fused-ring (bicyclic) bond motifs is 2. The molecule has 2 atom stereocenters. The van der Waals surface area contributed by atoms with E-state index in [2.05, 4.69) is 12.1 Å². The number of carbonyl (C=O) groups is 6. The third-order valence-electron chi connectivity index (χ3n) is 4.53. The van der Waals surface area contributed by atoms with E-state index in [0.29, 0.717) is 11.1 Å². The molecule has 143 valence electrons. The molecular weight excluding hydrogens is 451 g/mol. The molecule has 0 saturated heterocycles. The zero-order valence-electron chi connectivity index (χ0n) is 15.2. The fourth-order valence-corrected chi connectivity index (χ4v) is 3.19. The Morgan fingerprint density at radius 1 is 0.759 bits per heavy atom. The van der Waals surface area contributed by atoms with E-state index >= 15 is 0 Å². The van der Waals surface area contributed by atoms with Crippen molar-refractivity contribution in [3.8, 4) is 0 Å². The van der Waals surface area contributed by atoms with Gasteiger partial charge in [0.05, 0.1) is 0 Å². The summed E-state index contributed by atoms with van der Waals surface area (Å²) in [6.07, 6.45) is 0. The van der Waals surface area contributed by atoms with Gasteiger partial charge in [-0.3, -0.25) is 19.2 Å². The Morgan fingerprint density at radius 2 is 1.14 bits per heavy atom. The van der Waals surface area contributed by atoms with E-state index in [1.54, 1.807) is 6.07 Å². The molecule has 1 amide bonds. The monoisotopic (exact) mass is 464 g/mol. The van der Waals surface area contributed by atoms with Crippen molar-refractivity contribution >= 4 is 34.8 Å². The molecule has 4 rings (SSSR count). The summed E-state index contributed by atoms with van der Waals surface area (Å²) < 4.78 is 0. The normalized spacial score (nSPS) is 18.9. The number of rotatable bonds is 2. The minimum atomic E-state index is -1.33. The number of nitrogens with two attached hydrogens (primary N) is 1. The second-order valence-electron chi connectivity index (χ2n) is 6.28. The van der Waals surface area contributed by atoms with Crippen LogP contribution in [0.3, 0.4) is 0 Å². The molecular formula is C21H13NO6Y-2. The van der Waals surface area contributed by atoms with Gasteiger partial charge < -0.3 is 15.3 Å². The molecule has 0 spiro atoms. The Morgan fingerprint density at radius 3 is 1.52 bits per heavy atom. The number of hydrogen-bond acceptors (Lipinski definition) is 6. The van der Waals surface area contributed by atoms with Gasteiger partial charge in [-0.15, -0.1) is 0 Å². The van der Waals surface area contributed by atoms with Crippen LogP contribution in [0.1, 0.15) is 48.4 Å². The summed E-state index contributed by atoms with van der Waals surface area (Å²) >= 11 is 0. The Balaban J connectivity index is 0.000000200. The van der Waals surface area contributed by atoms with Crippen molar-refractivity contribution in [2.45, 2.75) is 6.92 Å². The van der Waals surface area contributed by atoms with E-state index in [-0.39, 0.29) is 49.6 Å². The van der Waals surface area contributed by atoms with Gasteiger partial charge in [-0.05, 0) is 6.92 Å². The number of ketones is 5. The van der Waals surface area contributed by atoms with E-state index < -0.39 is 40.9 Å². The van der Waals surface area contributed by atoms with Crippen LogP contribution in [0.2, 0.25) is 0 Å². The predicted octanol–water partition coefficient (Wildman–Crippen LogP) is 1.04. The standard InChI is InChI=1S/C11H7O3.C10H6NO3.Y/c1-6(12)9-10(13)7-4-2-3-5-8(7)11(9)14;11-10(14)7-8(12)5-3-1-2-4-6(5)9(7)13;/h2,4-5,9H,1H3;1,3-4,7H,(H2,11,14);/q2*-1;. The maximum atomic E-state index is 11.6. The summed E-state index contributed by atoms with van der Waals surface area (Å²) in [6.45, 7) is 1.26. The SMILES string of the molecule is CC(=O)C1C(=O)c2c[c-]ccc2C1=O.NC(=O)C1C(=O)c2c[c-]ccc2C1=O.[Y]. The van der Waals surface area contributed by atoms with Gasteiger partial charge >= 0.3 is 0 Å². The van der Waals surface area contributed by atoms with Crippen LogP contribution in [0.15, 0.2) is 36.4 Å². The third-order valence-corrected chi connectivity index (χ3v) is 4.53. The molecule has 7 nitrogen and oxygen atoms in total. The first-order valence-corrected chi connectivity index (χ1v) is 8.22. The van der Waals surface area contributed by atoms with Gasteiger partial charge in [0.15, 0.2) is 11.6 Å². The van der Waals surface area contributed by atoms with Gasteiger partial charge in [-0.25, -0.2) is 0 Å². The maximum absolute atomic E-state index is 11.6. The first-order chi connectivity index (χ1) is 13.3. The molecule has 2 N–H and O–H groups in total. The zero-order valence-corrected chi connectivity index (χ0v) is 18.1. The first kappa shape index (κ1) is 22.7. The van der Waals surface area contributed by atoms with Crippen molar-refractivity contribution < 1.29 is 61.5 Å². The number of benzene rings is 2. The molecule has 2 aliphatic rings. The number of hydrogen-bond donors (Lipinski definition) is 1. The Bertz CT molecular complexity index is 919.